The molecule has 17 heavy (non-hydrogen) atoms. The van der Waals surface area contributed by atoms with Crippen LogP contribution in [0.3, 0.4) is 0 Å². The highest BCUT2D eigenvalue weighted by Gasteiger charge is 2.12. The van der Waals surface area contributed by atoms with Crippen molar-refractivity contribution in [1.29, 1.82) is 0 Å². The summed E-state index contributed by atoms with van der Waals surface area (Å²) in [5, 5.41) is 0.542. The third kappa shape index (κ3) is 2.79. The van der Waals surface area contributed by atoms with Gasteiger partial charge in [0.1, 0.15) is 0 Å². The molecule has 0 saturated heterocycles. The third-order valence-corrected chi connectivity index (χ3v) is 3.25. The Kier molecular flexibility index (Phi) is 3.69. The molecule has 0 aromatic heterocycles. The first-order valence-electron chi connectivity index (χ1n) is 4.93. The molecule has 2 aromatic rings. The minimum atomic E-state index is -0.108. The summed E-state index contributed by atoms with van der Waals surface area (Å²) in [6.07, 6.45) is 0. The Hall–Kier alpha value is -1.07. The molecule has 0 aliphatic carbocycles. The highest BCUT2D eigenvalue weighted by Crippen LogP contribution is 2.21. The number of benzene rings is 2. The maximum absolute atomic E-state index is 12.2. The molecule has 2 nitrogen and oxygen atoms in total. The number of carbonyl (C=O) groups excluding carboxylic acids is 1. The Morgan fingerprint density at radius 3 is 2.65 bits per heavy atom. The van der Waals surface area contributed by atoms with Gasteiger partial charge in [-0.25, -0.2) is 0 Å². The van der Waals surface area contributed by atoms with Crippen LogP contribution in [0.5, 0.6) is 0 Å². The lowest BCUT2D eigenvalue weighted by Crippen LogP contribution is -2.05. The van der Waals surface area contributed by atoms with Gasteiger partial charge in [-0.05, 0) is 52.9 Å². The van der Waals surface area contributed by atoms with Gasteiger partial charge >= 0.3 is 0 Å². The molecule has 2 aromatic carbocycles. The minimum Gasteiger partial charge on any atom is -0.398 e. The quantitative estimate of drug-likeness (QED) is 0.505. The number of ketones is 1. The van der Waals surface area contributed by atoms with Gasteiger partial charge < -0.3 is 5.73 Å². The van der Waals surface area contributed by atoms with Crippen LogP contribution in [0.1, 0.15) is 15.9 Å². The lowest BCUT2D eigenvalue weighted by atomic mass is 10.0. The first-order chi connectivity index (χ1) is 8.08. The second-order valence-electron chi connectivity index (χ2n) is 3.57. The van der Waals surface area contributed by atoms with E-state index in [0.717, 1.165) is 3.57 Å². The number of nitrogens with two attached hydrogens (primary N) is 1. The van der Waals surface area contributed by atoms with Gasteiger partial charge in [-0.3, -0.25) is 4.79 Å². The van der Waals surface area contributed by atoms with Crippen LogP contribution >= 0.6 is 34.2 Å². The number of hydrogen-bond donors (Lipinski definition) is 1. The highest BCUT2D eigenvalue weighted by atomic mass is 127. The summed E-state index contributed by atoms with van der Waals surface area (Å²) in [5.41, 5.74) is 7.35. The van der Waals surface area contributed by atoms with Crippen LogP contribution in [0, 0.1) is 3.57 Å². The van der Waals surface area contributed by atoms with E-state index in [2.05, 4.69) is 22.6 Å². The number of rotatable bonds is 2. The summed E-state index contributed by atoms with van der Waals surface area (Å²) in [5.74, 6) is -0.108. The van der Waals surface area contributed by atoms with Crippen molar-refractivity contribution in [1.82, 2.24) is 0 Å². The Balaban J connectivity index is 2.47. The number of hydrogen-bond acceptors (Lipinski definition) is 2. The summed E-state index contributed by atoms with van der Waals surface area (Å²) in [4.78, 5) is 12.2. The van der Waals surface area contributed by atoms with E-state index in [9.17, 15) is 4.79 Å². The molecule has 0 atom stereocenters. The van der Waals surface area contributed by atoms with Crippen molar-refractivity contribution in [3.05, 3.63) is 62.2 Å². The lowest BCUT2D eigenvalue weighted by Gasteiger charge is -2.05. The van der Waals surface area contributed by atoms with Crippen molar-refractivity contribution in [3.63, 3.8) is 0 Å². The molecule has 4 heteroatoms. The largest absolute Gasteiger partial charge is 0.398 e. The summed E-state index contributed by atoms with van der Waals surface area (Å²) in [6, 6.07) is 12.2. The summed E-state index contributed by atoms with van der Waals surface area (Å²) < 4.78 is 0.974. The predicted molar refractivity (Wildman–Crippen MR) is 78.5 cm³/mol. The number of nitrogen functional groups attached to an aromatic ring is 1. The summed E-state index contributed by atoms with van der Waals surface area (Å²) >= 11 is 8.01. The van der Waals surface area contributed by atoms with Crippen LogP contribution in [0.15, 0.2) is 42.5 Å². The summed E-state index contributed by atoms with van der Waals surface area (Å²) in [7, 11) is 0. The van der Waals surface area contributed by atoms with Gasteiger partial charge in [0.05, 0.1) is 0 Å². The molecule has 0 bridgehead atoms. The van der Waals surface area contributed by atoms with Crippen molar-refractivity contribution < 1.29 is 4.79 Å². The zero-order valence-corrected chi connectivity index (χ0v) is 11.7. The lowest BCUT2D eigenvalue weighted by molar-refractivity contribution is 0.103. The molecule has 0 heterocycles. The molecule has 0 aliphatic heterocycles. The fourth-order valence-corrected chi connectivity index (χ4v) is 2.19. The minimum absolute atomic E-state index is 0.108. The molecule has 0 unspecified atom stereocenters. The van der Waals surface area contributed by atoms with Crippen LogP contribution in [0.2, 0.25) is 5.02 Å². The maximum Gasteiger partial charge on any atom is 0.195 e. The van der Waals surface area contributed by atoms with Gasteiger partial charge in [-0.1, -0.05) is 23.7 Å². The van der Waals surface area contributed by atoms with Crippen LogP contribution in [0.4, 0.5) is 5.69 Å². The second-order valence-corrected chi connectivity index (χ2v) is 5.25. The monoisotopic (exact) mass is 357 g/mol. The fourth-order valence-electron chi connectivity index (χ4n) is 1.51. The zero-order chi connectivity index (χ0) is 12.4. The molecule has 0 saturated carbocycles. The standard InChI is InChI=1S/C13H9ClINO/c14-9-3-1-2-8(6-9)13(17)11-7-10(15)4-5-12(11)16/h1-7H,16H2. The topological polar surface area (TPSA) is 43.1 Å². The number of halogens is 2. The van der Waals surface area contributed by atoms with Crippen molar-refractivity contribution >= 4 is 45.7 Å². The Labute approximate surface area is 118 Å². The smallest absolute Gasteiger partial charge is 0.195 e. The average molecular weight is 358 g/mol. The Bertz CT molecular complexity index is 583. The highest BCUT2D eigenvalue weighted by molar-refractivity contribution is 14.1. The van der Waals surface area contributed by atoms with E-state index in [-0.39, 0.29) is 5.78 Å². The van der Waals surface area contributed by atoms with E-state index in [0.29, 0.717) is 21.8 Å². The molecule has 2 rings (SSSR count). The first kappa shape index (κ1) is 12.4. The van der Waals surface area contributed by atoms with Gasteiger partial charge in [0.25, 0.3) is 0 Å². The maximum atomic E-state index is 12.2. The normalized spacial score (nSPS) is 10.2. The van der Waals surface area contributed by atoms with Gasteiger partial charge in [0.15, 0.2) is 5.78 Å². The van der Waals surface area contributed by atoms with Crippen LogP contribution in [0.25, 0.3) is 0 Å². The first-order valence-corrected chi connectivity index (χ1v) is 6.39. The third-order valence-electron chi connectivity index (χ3n) is 2.35. The molecule has 0 spiro atoms. The summed E-state index contributed by atoms with van der Waals surface area (Å²) in [6.45, 7) is 0. The molecular formula is C13H9ClINO. The van der Waals surface area contributed by atoms with Crippen LogP contribution in [-0.4, -0.2) is 5.78 Å². The van der Waals surface area contributed by atoms with Gasteiger partial charge in [-0.15, -0.1) is 0 Å². The van der Waals surface area contributed by atoms with E-state index >= 15 is 0 Å². The molecule has 0 radical (unpaired) electrons. The Morgan fingerprint density at radius 2 is 1.94 bits per heavy atom. The van der Waals surface area contributed by atoms with E-state index in [1.807, 2.05) is 6.07 Å². The molecule has 0 amide bonds. The number of anilines is 1. The van der Waals surface area contributed by atoms with E-state index in [4.69, 9.17) is 17.3 Å². The van der Waals surface area contributed by atoms with Gasteiger partial charge in [0, 0.05) is 25.4 Å². The van der Waals surface area contributed by atoms with E-state index in [1.54, 1.807) is 36.4 Å². The van der Waals surface area contributed by atoms with Crippen LogP contribution < -0.4 is 5.73 Å². The Morgan fingerprint density at radius 1 is 1.18 bits per heavy atom. The van der Waals surface area contributed by atoms with Crippen molar-refractivity contribution in [3.8, 4) is 0 Å². The average Bonchev–Trinajstić information content (AvgIpc) is 2.31. The molecule has 86 valence electrons. The molecule has 0 aliphatic rings. The fraction of sp³-hybridized carbons (Fsp3) is 0. The van der Waals surface area contributed by atoms with Gasteiger partial charge in [0.2, 0.25) is 0 Å². The predicted octanol–water partition coefficient (Wildman–Crippen LogP) is 3.76. The van der Waals surface area contributed by atoms with Crippen LogP contribution in [-0.2, 0) is 0 Å². The SMILES string of the molecule is Nc1ccc(I)cc1C(=O)c1cccc(Cl)c1. The van der Waals surface area contributed by atoms with Crippen molar-refractivity contribution in [2.24, 2.45) is 0 Å². The molecule has 0 fully saturated rings. The number of carbonyl (C=O) groups is 1. The molecule has 2 N–H and O–H groups in total. The zero-order valence-electron chi connectivity index (χ0n) is 8.78. The van der Waals surface area contributed by atoms with E-state index in [1.165, 1.54) is 0 Å². The van der Waals surface area contributed by atoms with Crippen molar-refractivity contribution in [2.75, 3.05) is 5.73 Å². The van der Waals surface area contributed by atoms with E-state index < -0.39 is 0 Å². The second kappa shape index (κ2) is 5.06. The van der Waals surface area contributed by atoms with Crippen molar-refractivity contribution in [2.45, 2.75) is 0 Å². The molecular weight excluding hydrogens is 349 g/mol. The van der Waals surface area contributed by atoms with Gasteiger partial charge in [-0.2, -0.15) is 0 Å².